The normalized spacial score (nSPS) is 15.4. The third kappa shape index (κ3) is 4.11. The number of fused-ring (bicyclic) bond motifs is 1. The number of rotatable bonds is 4. The molecule has 118 valence electrons. The maximum absolute atomic E-state index is 12.5. The second-order valence-electron chi connectivity index (χ2n) is 6.67. The van der Waals surface area contributed by atoms with Gasteiger partial charge in [-0.05, 0) is 42.4 Å². The van der Waals surface area contributed by atoms with Crippen LogP contribution in [0.1, 0.15) is 39.2 Å². The van der Waals surface area contributed by atoms with Crippen LogP contribution in [0.2, 0.25) is 0 Å². The van der Waals surface area contributed by atoms with E-state index in [0.29, 0.717) is 24.6 Å². The first kappa shape index (κ1) is 16.1. The Morgan fingerprint density at radius 1 is 1.33 bits per heavy atom. The molecule has 1 aliphatic heterocycles. The van der Waals surface area contributed by atoms with E-state index in [9.17, 15) is 8.42 Å². The van der Waals surface area contributed by atoms with E-state index in [1.165, 1.54) is 6.07 Å². The maximum atomic E-state index is 12.5. The van der Waals surface area contributed by atoms with Crippen molar-refractivity contribution in [3.05, 3.63) is 17.7 Å². The van der Waals surface area contributed by atoms with E-state index in [1.54, 1.807) is 6.07 Å². The highest BCUT2D eigenvalue weighted by molar-refractivity contribution is 7.89. The molecule has 2 rings (SSSR count). The van der Waals surface area contributed by atoms with Crippen molar-refractivity contribution in [2.75, 3.05) is 18.9 Å². The molecular weight excluding hydrogens is 288 g/mol. The van der Waals surface area contributed by atoms with E-state index >= 15 is 0 Å². The fourth-order valence-corrected chi connectivity index (χ4v) is 3.56. The van der Waals surface area contributed by atoms with Crippen molar-refractivity contribution in [2.24, 2.45) is 5.41 Å². The quantitative estimate of drug-likeness (QED) is 0.836. The minimum atomic E-state index is -3.60. The molecule has 0 aliphatic carbocycles. The molecule has 1 aliphatic rings. The number of benzene rings is 1. The van der Waals surface area contributed by atoms with Crippen molar-refractivity contribution >= 4 is 15.7 Å². The van der Waals surface area contributed by atoms with Gasteiger partial charge in [0.05, 0.1) is 6.61 Å². The number of anilines is 1. The van der Waals surface area contributed by atoms with Gasteiger partial charge in [-0.2, -0.15) is 0 Å². The average molecular weight is 312 g/mol. The molecule has 1 aromatic rings. The number of nitrogen functional groups attached to an aromatic ring is 1. The zero-order chi connectivity index (χ0) is 15.7. The summed E-state index contributed by atoms with van der Waals surface area (Å²) in [7, 11) is -3.60. The number of aryl methyl sites for hydroxylation is 1. The maximum Gasteiger partial charge on any atom is 0.244 e. The molecule has 0 spiro atoms. The minimum Gasteiger partial charge on any atom is -0.492 e. The summed E-state index contributed by atoms with van der Waals surface area (Å²) in [5, 5.41) is 0. The Labute approximate surface area is 126 Å². The van der Waals surface area contributed by atoms with Crippen LogP contribution in [-0.4, -0.2) is 21.6 Å². The van der Waals surface area contributed by atoms with Gasteiger partial charge in [0, 0.05) is 12.2 Å². The lowest BCUT2D eigenvalue weighted by Gasteiger charge is -2.22. The Bertz CT molecular complexity index is 619. The van der Waals surface area contributed by atoms with E-state index in [2.05, 4.69) is 25.5 Å². The van der Waals surface area contributed by atoms with Crippen LogP contribution in [0, 0.1) is 5.41 Å². The topological polar surface area (TPSA) is 81.4 Å². The van der Waals surface area contributed by atoms with Gasteiger partial charge in [0.1, 0.15) is 10.6 Å². The van der Waals surface area contributed by atoms with Crippen molar-refractivity contribution in [2.45, 2.75) is 44.9 Å². The summed E-state index contributed by atoms with van der Waals surface area (Å²) in [5.41, 5.74) is 7.23. The van der Waals surface area contributed by atoms with Crippen LogP contribution in [-0.2, 0) is 16.4 Å². The molecule has 0 atom stereocenters. The van der Waals surface area contributed by atoms with Crippen molar-refractivity contribution in [1.82, 2.24) is 4.72 Å². The summed E-state index contributed by atoms with van der Waals surface area (Å²) >= 11 is 0. The van der Waals surface area contributed by atoms with Gasteiger partial charge in [-0.15, -0.1) is 0 Å². The van der Waals surface area contributed by atoms with Crippen LogP contribution in [0.5, 0.6) is 5.75 Å². The van der Waals surface area contributed by atoms with Gasteiger partial charge in [0.15, 0.2) is 0 Å². The van der Waals surface area contributed by atoms with Gasteiger partial charge in [-0.3, -0.25) is 0 Å². The molecule has 3 N–H and O–H groups in total. The number of ether oxygens (including phenoxy) is 1. The Hall–Kier alpha value is -1.27. The first-order valence-electron chi connectivity index (χ1n) is 7.24. The average Bonchev–Trinajstić information content (AvgIpc) is 2.35. The van der Waals surface area contributed by atoms with Crippen LogP contribution >= 0.6 is 0 Å². The van der Waals surface area contributed by atoms with Gasteiger partial charge in [-0.25, -0.2) is 13.1 Å². The zero-order valence-electron chi connectivity index (χ0n) is 12.9. The summed E-state index contributed by atoms with van der Waals surface area (Å²) in [6.07, 6.45) is 2.44. The number of hydrogen-bond acceptors (Lipinski definition) is 4. The van der Waals surface area contributed by atoms with Gasteiger partial charge >= 0.3 is 0 Å². The van der Waals surface area contributed by atoms with Crippen LogP contribution in [0.3, 0.4) is 0 Å². The molecule has 0 aromatic heterocycles. The molecule has 0 amide bonds. The molecule has 21 heavy (non-hydrogen) atoms. The third-order valence-electron chi connectivity index (χ3n) is 3.45. The van der Waals surface area contributed by atoms with Crippen molar-refractivity contribution in [3.63, 3.8) is 0 Å². The van der Waals surface area contributed by atoms with E-state index < -0.39 is 10.0 Å². The molecule has 0 bridgehead atoms. The highest BCUT2D eigenvalue weighted by Gasteiger charge is 2.25. The van der Waals surface area contributed by atoms with Gasteiger partial charge < -0.3 is 10.5 Å². The molecule has 1 heterocycles. The summed E-state index contributed by atoms with van der Waals surface area (Å²) in [4.78, 5) is 0.158. The summed E-state index contributed by atoms with van der Waals surface area (Å²) in [5.74, 6) is 0.457. The van der Waals surface area contributed by atoms with Crippen LogP contribution in [0.15, 0.2) is 17.0 Å². The second kappa shape index (κ2) is 5.85. The molecule has 0 fully saturated rings. The first-order chi connectivity index (χ1) is 9.69. The van der Waals surface area contributed by atoms with Crippen LogP contribution < -0.4 is 15.2 Å². The van der Waals surface area contributed by atoms with E-state index in [1.807, 2.05) is 0 Å². The third-order valence-corrected chi connectivity index (χ3v) is 4.91. The highest BCUT2D eigenvalue weighted by Crippen LogP contribution is 2.34. The SMILES string of the molecule is CC(C)(C)CCNS(=O)(=O)c1cc(N)cc2c1OCCC2. The predicted molar refractivity (Wildman–Crippen MR) is 83.9 cm³/mol. The largest absolute Gasteiger partial charge is 0.492 e. The van der Waals surface area contributed by atoms with Crippen LogP contribution in [0.4, 0.5) is 5.69 Å². The fraction of sp³-hybridized carbons (Fsp3) is 0.600. The second-order valence-corrected chi connectivity index (χ2v) is 8.40. The highest BCUT2D eigenvalue weighted by atomic mass is 32.2. The van der Waals surface area contributed by atoms with Gasteiger partial charge in [-0.1, -0.05) is 20.8 Å². The van der Waals surface area contributed by atoms with Crippen LogP contribution in [0.25, 0.3) is 0 Å². The first-order valence-corrected chi connectivity index (χ1v) is 8.72. The Balaban J connectivity index is 2.25. The van der Waals surface area contributed by atoms with E-state index in [-0.39, 0.29) is 10.3 Å². The molecule has 0 radical (unpaired) electrons. The summed E-state index contributed by atoms with van der Waals surface area (Å²) in [6, 6.07) is 3.27. The minimum absolute atomic E-state index is 0.0775. The molecule has 0 saturated carbocycles. The van der Waals surface area contributed by atoms with E-state index in [4.69, 9.17) is 10.5 Å². The molecule has 5 nitrogen and oxygen atoms in total. The standard InChI is InChI=1S/C15H24N2O3S/c1-15(2,3)6-7-17-21(18,19)13-10-12(16)9-11-5-4-8-20-14(11)13/h9-10,17H,4-8,16H2,1-3H3. The zero-order valence-corrected chi connectivity index (χ0v) is 13.7. The monoisotopic (exact) mass is 312 g/mol. The lowest BCUT2D eigenvalue weighted by molar-refractivity contribution is 0.280. The van der Waals surface area contributed by atoms with Crippen molar-refractivity contribution in [1.29, 1.82) is 0 Å². The smallest absolute Gasteiger partial charge is 0.244 e. The van der Waals surface area contributed by atoms with Crippen molar-refractivity contribution in [3.8, 4) is 5.75 Å². The Morgan fingerprint density at radius 2 is 2.05 bits per heavy atom. The fourth-order valence-electron chi connectivity index (χ4n) is 2.31. The Kier molecular flexibility index (Phi) is 4.49. The number of sulfonamides is 1. The lowest BCUT2D eigenvalue weighted by Crippen LogP contribution is -2.28. The molecular formula is C15H24N2O3S. The summed E-state index contributed by atoms with van der Waals surface area (Å²) in [6.45, 7) is 7.17. The van der Waals surface area contributed by atoms with Gasteiger partial charge in [0.25, 0.3) is 0 Å². The number of hydrogen-bond donors (Lipinski definition) is 2. The number of nitrogens with one attached hydrogen (secondary N) is 1. The Morgan fingerprint density at radius 3 is 2.71 bits per heavy atom. The molecule has 0 unspecified atom stereocenters. The summed E-state index contributed by atoms with van der Waals surface area (Å²) < 4.78 is 33.2. The number of nitrogens with two attached hydrogens (primary N) is 1. The van der Waals surface area contributed by atoms with E-state index in [0.717, 1.165) is 24.8 Å². The predicted octanol–water partition coefficient (Wildman–Crippen LogP) is 2.31. The van der Waals surface area contributed by atoms with Gasteiger partial charge in [0.2, 0.25) is 10.0 Å². The molecule has 0 saturated heterocycles. The van der Waals surface area contributed by atoms with Crippen molar-refractivity contribution < 1.29 is 13.2 Å². The lowest BCUT2D eigenvalue weighted by atomic mass is 9.93. The molecule has 1 aromatic carbocycles. The molecule has 6 heteroatoms.